The maximum absolute atomic E-state index is 11.2. The highest BCUT2D eigenvalue weighted by atomic mass is 35.5. The number of halogens is 1. The average Bonchev–Trinajstić information content (AvgIpc) is 2.48. The molecule has 1 aromatic carbocycles. The lowest BCUT2D eigenvalue weighted by Crippen LogP contribution is -2.56. The van der Waals surface area contributed by atoms with E-state index in [9.17, 15) is 10.1 Å². The maximum atomic E-state index is 11.2. The third-order valence-electron chi connectivity index (χ3n) is 4.63. The molecule has 5 nitrogen and oxygen atoms in total. The van der Waals surface area contributed by atoms with Crippen molar-refractivity contribution in [2.24, 2.45) is 5.41 Å². The van der Waals surface area contributed by atoms with Crippen molar-refractivity contribution in [2.75, 3.05) is 7.11 Å². The van der Waals surface area contributed by atoms with E-state index in [4.69, 9.17) is 21.1 Å². The maximum Gasteiger partial charge on any atom is 0.314 e. The van der Waals surface area contributed by atoms with Crippen LogP contribution in [0.25, 0.3) is 0 Å². The third kappa shape index (κ3) is 2.67. The van der Waals surface area contributed by atoms with Crippen molar-refractivity contribution in [3.8, 4) is 11.5 Å². The van der Waals surface area contributed by atoms with Gasteiger partial charge in [0.05, 0.1) is 18.1 Å². The van der Waals surface area contributed by atoms with Crippen LogP contribution in [0.15, 0.2) is 18.2 Å². The number of hydrogen-bond donors (Lipinski definition) is 0. The van der Waals surface area contributed by atoms with Crippen LogP contribution in [0, 0.1) is 15.5 Å². The van der Waals surface area contributed by atoms with Crippen molar-refractivity contribution >= 4 is 17.3 Å². The van der Waals surface area contributed by atoms with Crippen LogP contribution < -0.4 is 9.47 Å². The Bertz CT molecular complexity index is 530. The van der Waals surface area contributed by atoms with Gasteiger partial charge in [0.15, 0.2) is 5.75 Å². The van der Waals surface area contributed by atoms with E-state index in [0.717, 1.165) is 12.8 Å². The third-order valence-corrected chi connectivity index (χ3v) is 5.25. The van der Waals surface area contributed by atoms with Crippen LogP contribution >= 0.6 is 11.6 Å². The second-order valence-electron chi connectivity index (χ2n) is 5.34. The van der Waals surface area contributed by atoms with E-state index < -0.39 is 4.92 Å². The molecule has 21 heavy (non-hydrogen) atoms. The molecular formula is C15H20ClNO4. The first-order chi connectivity index (χ1) is 9.98. The molecule has 1 aromatic rings. The Morgan fingerprint density at radius 3 is 2.57 bits per heavy atom. The van der Waals surface area contributed by atoms with Crippen LogP contribution in [-0.4, -0.2) is 23.5 Å². The largest absolute Gasteiger partial charge is 0.496 e. The molecular weight excluding hydrogens is 294 g/mol. The van der Waals surface area contributed by atoms with Crippen LogP contribution in [0.3, 0.4) is 0 Å². The Kier molecular flexibility index (Phi) is 4.61. The summed E-state index contributed by atoms with van der Waals surface area (Å²) >= 11 is 6.35. The molecule has 0 bridgehead atoms. The molecule has 1 saturated carbocycles. The first kappa shape index (κ1) is 15.9. The van der Waals surface area contributed by atoms with E-state index in [0.29, 0.717) is 12.2 Å². The van der Waals surface area contributed by atoms with Crippen LogP contribution in [0.4, 0.5) is 5.69 Å². The van der Waals surface area contributed by atoms with Gasteiger partial charge in [-0.15, -0.1) is 11.6 Å². The van der Waals surface area contributed by atoms with E-state index in [2.05, 4.69) is 13.8 Å². The van der Waals surface area contributed by atoms with Gasteiger partial charge in [-0.2, -0.15) is 0 Å². The number of hydrogen-bond acceptors (Lipinski definition) is 4. The number of nitro benzene ring substituents is 1. The minimum atomic E-state index is -0.450. The predicted molar refractivity (Wildman–Crippen MR) is 81.3 cm³/mol. The second kappa shape index (κ2) is 6.10. The lowest BCUT2D eigenvalue weighted by Gasteiger charge is -2.52. The van der Waals surface area contributed by atoms with Crippen molar-refractivity contribution in [3.63, 3.8) is 0 Å². The minimum absolute atomic E-state index is 0.0646. The van der Waals surface area contributed by atoms with Gasteiger partial charge in [0, 0.05) is 17.2 Å². The highest BCUT2D eigenvalue weighted by Gasteiger charge is 2.53. The van der Waals surface area contributed by atoms with Gasteiger partial charge in [-0.05, 0) is 25.0 Å². The van der Waals surface area contributed by atoms with Gasteiger partial charge < -0.3 is 9.47 Å². The SMILES string of the molecule is CCC1(CC)C(Cl)CC1Oc1ccc(OC)cc1[N+](=O)[O-]. The van der Waals surface area contributed by atoms with Crippen LogP contribution in [0.1, 0.15) is 33.1 Å². The highest BCUT2D eigenvalue weighted by Crippen LogP contribution is 2.52. The summed E-state index contributed by atoms with van der Waals surface area (Å²) in [6.45, 7) is 4.16. The first-order valence-electron chi connectivity index (χ1n) is 7.11. The van der Waals surface area contributed by atoms with Gasteiger partial charge in [0.1, 0.15) is 11.9 Å². The molecule has 2 unspecified atom stereocenters. The summed E-state index contributed by atoms with van der Waals surface area (Å²) < 4.78 is 11.0. The summed E-state index contributed by atoms with van der Waals surface area (Å²) in [6.07, 6.45) is 2.42. The molecule has 0 saturated heterocycles. The van der Waals surface area contributed by atoms with Crippen LogP contribution in [-0.2, 0) is 0 Å². The molecule has 0 N–H and O–H groups in total. The van der Waals surface area contributed by atoms with E-state index in [1.807, 2.05) is 0 Å². The molecule has 2 rings (SSSR count). The molecule has 0 radical (unpaired) electrons. The Balaban J connectivity index is 2.26. The second-order valence-corrected chi connectivity index (χ2v) is 5.87. The fourth-order valence-corrected chi connectivity index (χ4v) is 3.64. The molecule has 0 spiro atoms. The zero-order valence-electron chi connectivity index (χ0n) is 12.5. The normalized spacial score (nSPS) is 23.2. The summed E-state index contributed by atoms with van der Waals surface area (Å²) in [7, 11) is 1.48. The van der Waals surface area contributed by atoms with Gasteiger partial charge >= 0.3 is 5.69 Å². The lowest BCUT2D eigenvalue weighted by atomic mass is 9.62. The van der Waals surface area contributed by atoms with Gasteiger partial charge in [-0.3, -0.25) is 10.1 Å². The quantitative estimate of drug-likeness (QED) is 0.449. The fraction of sp³-hybridized carbons (Fsp3) is 0.600. The predicted octanol–water partition coefficient (Wildman–Crippen LogP) is 4.17. The molecule has 0 amide bonds. The van der Waals surface area contributed by atoms with Gasteiger partial charge in [-0.1, -0.05) is 13.8 Å². The molecule has 1 aliphatic carbocycles. The molecule has 2 atom stereocenters. The summed E-state index contributed by atoms with van der Waals surface area (Å²) in [5, 5.41) is 11.3. The van der Waals surface area contributed by atoms with Crippen LogP contribution in [0.5, 0.6) is 11.5 Å². The van der Waals surface area contributed by atoms with Crippen molar-refractivity contribution in [1.29, 1.82) is 0 Å². The van der Waals surface area contributed by atoms with Gasteiger partial charge in [0.2, 0.25) is 0 Å². The summed E-state index contributed by atoms with van der Waals surface area (Å²) in [5.74, 6) is 0.718. The van der Waals surface area contributed by atoms with E-state index >= 15 is 0 Å². The molecule has 0 aliphatic heterocycles. The Labute approximate surface area is 129 Å². The van der Waals surface area contributed by atoms with Crippen molar-refractivity contribution in [1.82, 2.24) is 0 Å². The van der Waals surface area contributed by atoms with Crippen molar-refractivity contribution in [3.05, 3.63) is 28.3 Å². The number of methoxy groups -OCH3 is 1. The molecule has 0 aromatic heterocycles. The number of rotatable bonds is 6. The molecule has 1 aliphatic rings. The molecule has 6 heteroatoms. The first-order valence-corrected chi connectivity index (χ1v) is 7.55. The molecule has 0 heterocycles. The average molecular weight is 314 g/mol. The van der Waals surface area contributed by atoms with Gasteiger partial charge in [0.25, 0.3) is 0 Å². The van der Waals surface area contributed by atoms with E-state index in [-0.39, 0.29) is 28.3 Å². The lowest BCUT2D eigenvalue weighted by molar-refractivity contribution is -0.386. The summed E-state index contributed by atoms with van der Waals surface area (Å²) in [4.78, 5) is 10.7. The topological polar surface area (TPSA) is 61.6 Å². The van der Waals surface area contributed by atoms with Gasteiger partial charge in [-0.25, -0.2) is 0 Å². The Morgan fingerprint density at radius 1 is 1.43 bits per heavy atom. The molecule has 1 fully saturated rings. The number of ether oxygens (including phenoxy) is 2. The monoisotopic (exact) mass is 313 g/mol. The number of nitrogens with zero attached hydrogens (tertiary/aromatic N) is 1. The zero-order valence-corrected chi connectivity index (χ0v) is 13.2. The zero-order chi connectivity index (χ0) is 15.6. The van der Waals surface area contributed by atoms with Crippen molar-refractivity contribution < 1.29 is 14.4 Å². The smallest absolute Gasteiger partial charge is 0.314 e. The van der Waals surface area contributed by atoms with E-state index in [1.54, 1.807) is 12.1 Å². The standard InChI is InChI=1S/C15H20ClNO4/c1-4-15(5-2)13(16)9-14(15)21-12-7-6-10(20-3)8-11(12)17(18)19/h6-8,13-14H,4-5,9H2,1-3H3. The molecule has 116 valence electrons. The minimum Gasteiger partial charge on any atom is -0.496 e. The van der Waals surface area contributed by atoms with Crippen LogP contribution in [0.2, 0.25) is 0 Å². The Hall–Kier alpha value is -1.49. The Morgan fingerprint density at radius 2 is 2.10 bits per heavy atom. The number of nitro groups is 1. The fourth-order valence-electron chi connectivity index (χ4n) is 3.03. The summed E-state index contributed by atoms with van der Waals surface area (Å²) in [5.41, 5.74) is -0.177. The summed E-state index contributed by atoms with van der Waals surface area (Å²) in [6, 6.07) is 4.64. The van der Waals surface area contributed by atoms with Crippen molar-refractivity contribution in [2.45, 2.75) is 44.6 Å². The highest BCUT2D eigenvalue weighted by molar-refractivity contribution is 6.21. The van der Waals surface area contributed by atoms with E-state index in [1.165, 1.54) is 13.2 Å². The number of alkyl halides is 1. The number of benzene rings is 1.